The summed E-state index contributed by atoms with van der Waals surface area (Å²) in [6.07, 6.45) is 0.919. The molecule has 1 aliphatic heterocycles. The second-order valence-corrected chi connectivity index (χ2v) is 6.80. The van der Waals surface area contributed by atoms with Crippen LogP contribution in [0.3, 0.4) is 0 Å². The third-order valence-corrected chi connectivity index (χ3v) is 4.79. The van der Waals surface area contributed by atoms with E-state index in [9.17, 15) is 22.9 Å². The van der Waals surface area contributed by atoms with Gasteiger partial charge >= 0.3 is 5.69 Å². The van der Waals surface area contributed by atoms with Gasteiger partial charge < -0.3 is 5.32 Å². The third kappa shape index (κ3) is 3.40. The fraction of sp³-hybridized carbons (Fsp3) is 0.455. The van der Waals surface area contributed by atoms with E-state index in [1.165, 1.54) is 6.07 Å². The number of nitrogens with zero attached hydrogens (tertiary/aromatic N) is 1. The van der Waals surface area contributed by atoms with Crippen molar-refractivity contribution in [3.05, 3.63) is 34.1 Å². The monoisotopic (exact) mass is 288 g/mol. The number of rotatable bonds is 3. The van der Waals surface area contributed by atoms with Gasteiger partial charge in [0.15, 0.2) is 0 Å². The summed E-state index contributed by atoms with van der Waals surface area (Å²) in [4.78, 5) is 9.69. The summed E-state index contributed by atoms with van der Waals surface area (Å²) in [6.45, 7) is 0. The second kappa shape index (κ2) is 5.12. The largest absolute Gasteiger partial charge is 0.382 e. The lowest BCUT2D eigenvalue weighted by atomic mass is 10.1. The lowest BCUT2D eigenvalue weighted by molar-refractivity contribution is -0.387. The molecular formula is C11H13FN2O4S. The smallest absolute Gasteiger partial charge is 0.304 e. The van der Waals surface area contributed by atoms with E-state index < -0.39 is 26.3 Å². The molecule has 19 heavy (non-hydrogen) atoms. The molecule has 6 nitrogen and oxygen atoms in total. The van der Waals surface area contributed by atoms with Crippen LogP contribution >= 0.6 is 0 Å². The molecule has 1 fully saturated rings. The fourth-order valence-corrected chi connectivity index (χ4v) is 3.51. The maximum atomic E-state index is 13.4. The first-order valence-corrected chi connectivity index (χ1v) is 7.60. The summed E-state index contributed by atoms with van der Waals surface area (Å²) >= 11 is 0. The van der Waals surface area contributed by atoms with Crippen LogP contribution in [0.5, 0.6) is 0 Å². The van der Waals surface area contributed by atoms with Crippen molar-refractivity contribution >= 4 is 21.2 Å². The molecule has 1 aromatic carbocycles. The van der Waals surface area contributed by atoms with Gasteiger partial charge in [0, 0.05) is 23.9 Å². The molecular weight excluding hydrogens is 275 g/mol. The predicted molar refractivity (Wildman–Crippen MR) is 68.4 cm³/mol. The minimum atomic E-state index is -2.94. The molecule has 0 aromatic heterocycles. The molecule has 0 atom stereocenters. The Morgan fingerprint density at radius 3 is 2.47 bits per heavy atom. The highest BCUT2D eigenvalue weighted by Gasteiger charge is 2.24. The molecule has 0 bridgehead atoms. The van der Waals surface area contributed by atoms with E-state index >= 15 is 0 Å². The number of halogens is 1. The molecule has 1 heterocycles. The molecule has 0 saturated carbocycles. The summed E-state index contributed by atoms with van der Waals surface area (Å²) in [6, 6.07) is 3.52. The number of nitro benzene ring substituents is 1. The maximum absolute atomic E-state index is 13.4. The Kier molecular flexibility index (Phi) is 3.70. The first-order valence-electron chi connectivity index (χ1n) is 5.78. The Morgan fingerprint density at radius 1 is 1.32 bits per heavy atom. The zero-order chi connectivity index (χ0) is 14.0. The Bertz CT molecular complexity index is 589. The van der Waals surface area contributed by atoms with Gasteiger partial charge in [-0.3, -0.25) is 10.1 Å². The van der Waals surface area contributed by atoms with Crippen LogP contribution in [0.1, 0.15) is 12.8 Å². The quantitative estimate of drug-likeness (QED) is 0.675. The summed E-state index contributed by atoms with van der Waals surface area (Å²) in [7, 11) is -2.94. The van der Waals surface area contributed by atoms with Gasteiger partial charge in [-0.05, 0) is 18.9 Å². The normalized spacial score (nSPS) is 19.0. The highest BCUT2D eigenvalue weighted by Crippen LogP contribution is 2.23. The Labute approximate surface area is 109 Å². The average Bonchev–Trinajstić information content (AvgIpc) is 2.31. The lowest BCUT2D eigenvalue weighted by Gasteiger charge is -2.23. The molecule has 1 N–H and O–H groups in total. The highest BCUT2D eigenvalue weighted by molar-refractivity contribution is 7.91. The minimum absolute atomic E-state index is 0.0515. The number of benzene rings is 1. The molecule has 8 heteroatoms. The van der Waals surface area contributed by atoms with Crippen LogP contribution in [-0.4, -0.2) is 30.9 Å². The Morgan fingerprint density at radius 2 is 1.95 bits per heavy atom. The molecule has 1 aromatic rings. The first-order chi connectivity index (χ1) is 8.87. The van der Waals surface area contributed by atoms with Gasteiger partial charge in [0.2, 0.25) is 5.82 Å². The van der Waals surface area contributed by atoms with Crippen LogP contribution in [0.25, 0.3) is 0 Å². The number of sulfone groups is 1. The second-order valence-electron chi connectivity index (χ2n) is 4.49. The molecule has 0 unspecified atom stereocenters. The molecule has 104 valence electrons. The summed E-state index contributed by atoms with van der Waals surface area (Å²) < 4.78 is 35.9. The van der Waals surface area contributed by atoms with Crippen LogP contribution in [0.2, 0.25) is 0 Å². The molecule has 0 amide bonds. The highest BCUT2D eigenvalue weighted by atomic mass is 32.2. The summed E-state index contributed by atoms with van der Waals surface area (Å²) in [5, 5.41) is 13.5. The van der Waals surface area contributed by atoms with E-state index in [1.807, 2.05) is 0 Å². The van der Waals surface area contributed by atoms with Gasteiger partial charge in [0.1, 0.15) is 9.84 Å². The number of anilines is 1. The number of hydrogen-bond acceptors (Lipinski definition) is 5. The molecule has 2 rings (SSSR count). The summed E-state index contributed by atoms with van der Waals surface area (Å²) in [5.74, 6) is -0.682. The van der Waals surface area contributed by atoms with Crippen molar-refractivity contribution in [3.63, 3.8) is 0 Å². The SMILES string of the molecule is O=[N+]([O-])c1ccc(NC2CCS(=O)(=O)CC2)cc1F. The van der Waals surface area contributed by atoms with E-state index in [2.05, 4.69) is 5.32 Å². The van der Waals surface area contributed by atoms with E-state index in [0.29, 0.717) is 18.5 Å². The summed E-state index contributed by atoms with van der Waals surface area (Å²) in [5.41, 5.74) is -0.149. The van der Waals surface area contributed by atoms with Crippen molar-refractivity contribution < 1.29 is 17.7 Å². The lowest BCUT2D eigenvalue weighted by Crippen LogP contribution is -2.32. The molecule has 0 spiro atoms. The minimum Gasteiger partial charge on any atom is -0.382 e. The van der Waals surface area contributed by atoms with Crippen LogP contribution in [-0.2, 0) is 9.84 Å². The van der Waals surface area contributed by atoms with Gasteiger partial charge in [0.05, 0.1) is 16.4 Å². The molecule has 1 aliphatic rings. The predicted octanol–water partition coefficient (Wildman–Crippen LogP) is 1.72. The molecule has 1 saturated heterocycles. The Balaban J connectivity index is 2.04. The fourth-order valence-electron chi connectivity index (χ4n) is 2.01. The van der Waals surface area contributed by atoms with Crippen molar-refractivity contribution in [2.45, 2.75) is 18.9 Å². The number of hydrogen-bond donors (Lipinski definition) is 1. The van der Waals surface area contributed by atoms with Crippen LogP contribution in [0.4, 0.5) is 15.8 Å². The van der Waals surface area contributed by atoms with Crippen LogP contribution < -0.4 is 5.32 Å². The van der Waals surface area contributed by atoms with Crippen molar-refractivity contribution in [1.29, 1.82) is 0 Å². The van der Waals surface area contributed by atoms with Gasteiger partial charge in [-0.15, -0.1) is 0 Å². The van der Waals surface area contributed by atoms with Gasteiger partial charge in [-0.25, -0.2) is 8.42 Å². The van der Waals surface area contributed by atoms with E-state index in [-0.39, 0.29) is 17.5 Å². The molecule has 0 radical (unpaired) electrons. The maximum Gasteiger partial charge on any atom is 0.304 e. The van der Waals surface area contributed by atoms with E-state index in [4.69, 9.17) is 0 Å². The van der Waals surface area contributed by atoms with Gasteiger partial charge in [-0.1, -0.05) is 0 Å². The van der Waals surface area contributed by atoms with Crippen molar-refractivity contribution in [2.24, 2.45) is 0 Å². The van der Waals surface area contributed by atoms with Gasteiger partial charge in [-0.2, -0.15) is 4.39 Å². The topological polar surface area (TPSA) is 89.3 Å². The standard InChI is InChI=1S/C11H13FN2O4S/c12-10-7-9(1-2-11(10)14(15)16)13-8-3-5-19(17,18)6-4-8/h1-2,7-8,13H,3-6H2. The first kappa shape index (κ1) is 13.7. The molecule has 0 aliphatic carbocycles. The average molecular weight is 288 g/mol. The Hall–Kier alpha value is -1.70. The van der Waals surface area contributed by atoms with Crippen molar-refractivity contribution in [1.82, 2.24) is 0 Å². The van der Waals surface area contributed by atoms with Crippen molar-refractivity contribution in [3.8, 4) is 0 Å². The zero-order valence-corrected chi connectivity index (χ0v) is 10.8. The number of nitrogens with one attached hydrogen (secondary N) is 1. The van der Waals surface area contributed by atoms with E-state index in [0.717, 1.165) is 12.1 Å². The van der Waals surface area contributed by atoms with Crippen LogP contribution in [0, 0.1) is 15.9 Å². The van der Waals surface area contributed by atoms with Gasteiger partial charge in [0.25, 0.3) is 0 Å². The number of nitro groups is 1. The van der Waals surface area contributed by atoms with E-state index in [1.54, 1.807) is 0 Å². The van der Waals surface area contributed by atoms with Crippen LogP contribution in [0.15, 0.2) is 18.2 Å². The van der Waals surface area contributed by atoms with Crippen molar-refractivity contribution in [2.75, 3.05) is 16.8 Å². The third-order valence-electron chi connectivity index (χ3n) is 3.07. The zero-order valence-electron chi connectivity index (χ0n) is 10.0.